The number of amides is 1. The molecule has 3 rings (SSSR count). The zero-order chi connectivity index (χ0) is 17.3. The second-order valence-corrected chi connectivity index (χ2v) is 6.28. The second-order valence-electron chi connectivity index (χ2n) is 5.36. The summed E-state index contributed by atoms with van der Waals surface area (Å²) in [5, 5.41) is 0. The van der Waals surface area contributed by atoms with Gasteiger partial charge in [0.15, 0.2) is 12.4 Å². The van der Waals surface area contributed by atoms with E-state index in [1.807, 2.05) is 24.3 Å². The van der Waals surface area contributed by atoms with Crippen molar-refractivity contribution in [1.82, 2.24) is 0 Å². The molecule has 2 aromatic rings. The third-order valence-corrected chi connectivity index (χ3v) is 4.02. The Balaban J connectivity index is 1.90. The monoisotopic (exact) mass is 387 g/mol. The molecule has 1 amide bonds. The average molecular weight is 388 g/mol. The number of primary amides is 1. The van der Waals surface area contributed by atoms with Gasteiger partial charge in [-0.2, -0.15) is 0 Å². The van der Waals surface area contributed by atoms with E-state index in [4.69, 9.17) is 15.2 Å². The molecule has 24 heavy (non-hydrogen) atoms. The maximum atomic E-state index is 12.5. The number of nitrogens with two attached hydrogens (primary N) is 1. The number of Topliss-reactive ketones (excluding diaryl/α,β-unsaturated/α-hetero) is 1. The first kappa shape index (κ1) is 16.3. The zero-order valence-corrected chi connectivity index (χ0v) is 14.4. The summed E-state index contributed by atoms with van der Waals surface area (Å²) < 4.78 is 11.9. The van der Waals surface area contributed by atoms with Gasteiger partial charge in [-0.3, -0.25) is 9.59 Å². The van der Waals surface area contributed by atoms with Gasteiger partial charge in [-0.1, -0.05) is 28.1 Å². The predicted octanol–water partition coefficient (Wildman–Crippen LogP) is 3.24. The highest BCUT2D eigenvalue weighted by atomic mass is 79.9. The molecule has 0 saturated carbocycles. The smallest absolute Gasteiger partial charge is 0.255 e. The lowest BCUT2D eigenvalue weighted by atomic mass is 10.0. The van der Waals surface area contributed by atoms with E-state index in [-0.39, 0.29) is 18.1 Å². The van der Waals surface area contributed by atoms with Gasteiger partial charge in [0.1, 0.15) is 11.5 Å². The summed E-state index contributed by atoms with van der Waals surface area (Å²) in [4.78, 5) is 23.4. The van der Waals surface area contributed by atoms with E-state index in [1.54, 1.807) is 25.1 Å². The van der Waals surface area contributed by atoms with E-state index in [0.717, 1.165) is 15.6 Å². The molecule has 0 atom stereocenters. The van der Waals surface area contributed by atoms with Gasteiger partial charge in [-0.15, -0.1) is 0 Å². The van der Waals surface area contributed by atoms with Gasteiger partial charge in [0.2, 0.25) is 5.78 Å². The molecule has 6 heteroatoms. The lowest BCUT2D eigenvalue weighted by Crippen LogP contribution is -2.20. The first-order valence-corrected chi connectivity index (χ1v) is 7.99. The molecule has 0 unspecified atom stereocenters. The molecule has 0 radical (unpaired) electrons. The Morgan fingerprint density at radius 1 is 1.29 bits per heavy atom. The van der Waals surface area contributed by atoms with E-state index < -0.39 is 5.91 Å². The summed E-state index contributed by atoms with van der Waals surface area (Å²) in [6.45, 7) is 1.56. The van der Waals surface area contributed by atoms with E-state index in [9.17, 15) is 9.59 Å². The minimum Gasteiger partial charge on any atom is -0.484 e. The van der Waals surface area contributed by atoms with Crippen LogP contribution in [0.1, 0.15) is 21.5 Å². The molecule has 0 aliphatic carbocycles. The molecule has 1 aliphatic rings. The molecule has 0 saturated heterocycles. The summed E-state index contributed by atoms with van der Waals surface area (Å²) in [5.41, 5.74) is 7.15. The van der Waals surface area contributed by atoms with Gasteiger partial charge < -0.3 is 15.2 Å². The Bertz CT molecular complexity index is 856. The van der Waals surface area contributed by atoms with Crippen molar-refractivity contribution in [2.75, 3.05) is 6.61 Å². The average Bonchev–Trinajstić information content (AvgIpc) is 2.84. The Labute approximate surface area is 147 Å². The summed E-state index contributed by atoms with van der Waals surface area (Å²) in [6.07, 6.45) is 1.69. The van der Waals surface area contributed by atoms with Gasteiger partial charge in [-0.05, 0) is 42.3 Å². The third-order valence-electron chi connectivity index (χ3n) is 3.49. The van der Waals surface area contributed by atoms with E-state index in [2.05, 4.69) is 15.9 Å². The summed E-state index contributed by atoms with van der Waals surface area (Å²) in [7, 11) is 0. The number of aryl methyl sites for hydroxylation is 1. The molecule has 2 aromatic carbocycles. The fourth-order valence-corrected chi connectivity index (χ4v) is 2.69. The standard InChI is InChI=1S/C18H14BrNO4/c1-10-6-13(23-9-16(20)21)8-14-17(10)18(22)15(24-14)7-11-2-4-12(19)5-3-11/h2-8H,9H2,1H3,(H2,20,21)/b15-7-. The Kier molecular flexibility index (Phi) is 4.40. The van der Waals surface area contributed by atoms with Crippen LogP contribution in [0.25, 0.3) is 6.08 Å². The fourth-order valence-electron chi connectivity index (χ4n) is 2.43. The fraction of sp³-hybridized carbons (Fsp3) is 0.111. The van der Waals surface area contributed by atoms with E-state index in [0.29, 0.717) is 17.1 Å². The van der Waals surface area contributed by atoms with E-state index >= 15 is 0 Å². The number of fused-ring (bicyclic) bond motifs is 1. The number of rotatable bonds is 4. The number of carbonyl (C=O) groups is 2. The maximum Gasteiger partial charge on any atom is 0.255 e. The van der Waals surface area contributed by atoms with Crippen LogP contribution in [-0.4, -0.2) is 18.3 Å². The second kappa shape index (κ2) is 6.49. The van der Waals surface area contributed by atoms with Crippen LogP contribution in [0.5, 0.6) is 11.5 Å². The molecule has 122 valence electrons. The molecular weight excluding hydrogens is 374 g/mol. The summed E-state index contributed by atoms with van der Waals surface area (Å²) >= 11 is 3.37. The Hall–Kier alpha value is -2.60. The highest BCUT2D eigenvalue weighted by molar-refractivity contribution is 9.10. The van der Waals surface area contributed by atoms with Crippen molar-refractivity contribution >= 4 is 33.7 Å². The quantitative estimate of drug-likeness (QED) is 0.816. The number of halogens is 1. The van der Waals surface area contributed by atoms with Crippen LogP contribution in [-0.2, 0) is 4.79 Å². The third kappa shape index (κ3) is 3.33. The number of allylic oxidation sites excluding steroid dienone is 1. The maximum absolute atomic E-state index is 12.5. The molecule has 0 fully saturated rings. The lowest BCUT2D eigenvalue weighted by Gasteiger charge is -2.07. The number of ether oxygens (including phenoxy) is 2. The van der Waals surface area contributed by atoms with Crippen LogP contribution < -0.4 is 15.2 Å². The van der Waals surface area contributed by atoms with Crippen LogP contribution in [0.4, 0.5) is 0 Å². The lowest BCUT2D eigenvalue weighted by molar-refractivity contribution is -0.119. The van der Waals surface area contributed by atoms with E-state index in [1.165, 1.54) is 0 Å². The first-order chi connectivity index (χ1) is 11.4. The molecule has 0 bridgehead atoms. The molecule has 0 spiro atoms. The van der Waals surface area contributed by atoms with Crippen LogP contribution in [0.3, 0.4) is 0 Å². The van der Waals surface area contributed by atoms with Crippen molar-refractivity contribution in [3.8, 4) is 11.5 Å². The normalized spacial score (nSPS) is 14.4. The minimum atomic E-state index is -0.569. The van der Waals surface area contributed by atoms with Crippen molar-refractivity contribution in [2.45, 2.75) is 6.92 Å². The molecule has 1 aliphatic heterocycles. The zero-order valence-electron chi connectivity index (χ0n) is 12.8. The van der Waals surface area contributed by atoms with Gasteiger partial charge >= 0.3 is 0 Å². The van der Waals surface area contributed by atoms with Crippen LogP contribution >= 0.6 is 15.9 Å². The number of hydrogen-bond acceptors (Lipinski definition) is 4. The molecule has 1 heterocycles. The SMILES string of the molecule is Cc1cc(OCC(N)=O)cc2c1C(=O)/C(=C/c1ccc(Br)cc1)O2. The van der Waals surface area contributed by atoms with Crippen LogP contribution in [0.2, 0.25) is 0 Å². The largest absolute Gasteiger partial charge is 0.484 e. The predicted molar refractivity (Wildman–Crippen MR) is 92.9 cm³/mol. The Morgan fingerprint density at radius 3 is 2.67 bits per heavy atom. The van der Waals surface area contributed by atoms with Crippen molar-refractivity contribution in [3.63, 3.8) is 0 Å². The molecule has 5 nitrogen and oxygen atoms in total. The van der Waals surface area contributed by atoms with Crippen molar-refractivity contribution in [3.05, 3.63) is 63.3 Å². The minimum absolute atomic E-state index is 0.174. The van der Waals surface area contributed by atoms with Crippen molar-refractivity contribution < 1.29 is 19.1 Å². The van der Waals surface area contributed by atoms with Gasteiger partial charge in [0.05, 0.1) is 5.56 Å². The highest BCUT2D eigenvalue weighted by Crippen LogP contribution is 2.37. The Morgan fingerprint density at radius 2 is 2.00 bits per heavy atom. The summed E-state index contributed by atoms with van der Waals surface area (Å²) in [5.74, 6) is 0.362. The van der Waals surface area contributed by atoms with Crippen molar-refractivity contribution in [1.29, 1.82) is 0 Å². The number of ketones is 1. The molecular formula is C18H14BrNO4. The number of hydrogen-bond donors (Lipinski definition) is 1. The van der Waals surface area contributed by atoms with Crippen LogP contribution in [0, 0.1) is 6.92 Å². The molecule has 2 N–H and O–H groups in total. The van der Waals surface area contributed by atoms with Gasteiger partial charge in [0, 0.05) is 10.5 Å². The van der Waals surface area contributed by atoms with Crippen molar-refractivity contribution in [2.24, 2.45) is 5.73 Å². The van der Waals surface area contributed by atoms with Gasteiger partial charge in [0.25, 0.3) is 5.91 Å². The van der Waals surface area contributed by atoms with Gasteiger partial charge in [-0.25, -0.2) is 0 Å². The summed E-state index contributed by atoms with van der Waals surface area (Å²) in [6, 6.07) is 10.8. The number of benzene rings is 2. The topological polar surface area (TPSA) is 78.6 Å². The van der Waals surface area contributed by atoms with Crippen LogP contribution in [0.15, 0.2) is 46.6 Å². The first-order valence-electron chi connectivity index (χ1n) is 7.19. The highest BCUT2D eigenvalue weighted by Gasteiger charge is 2.30. The number of carbonyl (C=O) groups excluding carboxylic acids is 2. The molecule has 0 aromatic heterocycles.